The molecule has 1 N–H and O–H groups in total. The van der Waals surface area contributed by atoms with Crippen LogP contribution in [-0.4, -0.2) is 12.6 Å². The summed E-state index contributed by atoms with van der Waals surface area (Å²) in [4.78, 5) is 0. The van der Waals surface area contributed by atoms with Gasteiger partial charge >= 0.3 is 0 Å². The predicted molar refractivity (Wildman–Crippen MR) is 51.8 cm³/mol. The Kier molecular flexibility index (Phi) is 6.63. The smallest absolute Gasteiger partial charge is 0.00389 e. The van der Waals surface area contributed by atoms with E-state index >= 15 is 0 Å². The van der Waals surface area contributed by atoms with E-state index in [1.807, 2.05) is 13.8 Å². The van der Waals surface area contributed by atoms with Gasteiger partial charge in [-0.2, -0.15) is 0 Å². The molecule has 1 nitrogen and oxygen atoms in total. The van der Waals surface area contributed by atoms with E-state index in [1.54, 1.807) is 0 Å². The lowest BCUT2D eigenvalue weighted by atomic mass is 9.94. The maximum atomic E-state index is 3.48. The minimum atomic E-state index is 0.771. The summed E-state index contributed by atoms with van der Waals surface area (Å²) in [6.07, 6.45) is 4.16. The molecule has 1 heteroatoms. The molecule has 1 aliphatic rings. The van der Waals surface area contributed by atoms with Crippen molar-refractivity contribution < 1.29 is 0 Å². The second-order valence-electron chi connectivity index (χ2n) is 3.16. The highest BCUT2D eigenvalue weighted by Gasteiger charge is 2.14. The van der Waals surface area contributed by atoms with Crippen LogP contribution in [0.4, 0.5) is 0 Å². The second kappa shape index (κ2) is 6.66. The van der Waals surface area contributed by atoms with Gasteiger partial charge < -0.3 is 5.32 Å². The van der Waals surface area contributed by atoms with Gasteiger partial charge in [-0.05, 0) is 32.2 Å². The van der Waals surface area contributed by atoms with Gasteiger partial charge in [0.25, 0.3) is 0 Å². The van der Waals surface area contributed by atoms with E-state index < -0.39 is 0 Å². The molecule has 1 fully saturated rings. The van der Waals surface area contributed by atoms with Crippen LogP contribution in [0.15, 0.2) is 0 Å². The van der Waals surface area contributed by atoms with Crippen molar-refractivity contribution in [2.24, 2.45) is 5.92 Å². The van der Waals surface area contributed by atoms with Crippen molar-refractivity contribution in [1.82, 2.24) is 5.32 Å². The first-order chi connectivity index (χ1) is 5.33. The second-order valence-corrected chi connectivity index (χ2v) is 3.16. The summed E-state index contributed by atoms with van der Waals surface area (Å²) in [6, 6.07) is 0.771. The van der Waals surface area contributed by atoms with Gasteiger partial charge in [0.05, 0.1) is 0 Å². The predicted octanol–water partition coefficient (Wildman–Crippen LogP) is 2.81. The third-order valence-electron chi connectivity index (χ3n) is 2.34. The molecule has 0 aliphatic carbocycles. The van der Waals surface area contributed by atoms with E-state index in [0.29, 0.717) is 0 Å². The van der Waals surface area contributed by atoms with Crippen LogP contribution in [0, 0.1) is 5.92 Å². The van der Waals surface area contributed by atoms with E-state index in [2.05, 4.69) is 19.2 Å². The van der Waals surface area contributed by atoms with Crippen molar-refractivity contribution in [1.29, 1.82) is 0 Å². The maximum absolute atomic E-state index is 3.48. The summed E-state index contributed by atoms with van der Waals surface area (Å²) in [5.41, 5.74) is 0. The molecule has 0 bridgehead atoms. The van der Waals surface area contributed by atoms with Gasteiger partial charge in [0.2, 0.25) is 0 Å². The highest BCUT2D eigenvalue weighted by molar-refractivity contribution is 4.73. The molecule has 11 heavy (non-hydrogen) atoms. The Morgan fingerprint density at radius 1 is 1.27 bits per heavy atom. The molecule has 2 atom stereocenters. The van der Waals surface area contributed by atoms with Crippen LogP contribution >= 0.6 is 0 Å². The first kappa shape index (κ1) is 11.0. The highest BCUT2D eigenvalue weighted by atomic mass is 14.9. The van der Waals surface area contributed by atoms with E-state index in [9.17, 15) is 0 Å². The molecule has 68 valence electrons. The minimum absolute atomic E-state index is 0.771. The standard InChI is InChI=1S/C8H17N.C2H6/c1-3-8-5-4-7(2)9-6-8;1-2/h7-9H,3-6H2,1-2H3;1-2H3. The number of piperidine rings is 1. The third-order valence-corrected chi connectivity index (χ3v) is 2.34. The van der Waals surface area contributed by atoms with Gasteiger partial charge in [0.1, 0.15) is 0 Å². The van der Waals surface area contributed by atoms with Gasteiger partial charge in [-0.3, -0.25) is 0 Å². The van der Waals surface area contributed by atoms with Crippen molar-refractivity contribution in [2.45, 2.75) is 53.0 Å². The molecule has 0 radical (unpaired) electrons. The number of rotatable bonds is 1. The van der Waals surface area contributed by atoms with Crippen molar-refractivity contribution in [3.63, 3.8) is 0 Å². The molecular formula is C10H23N. The molecule has 0 amide bonds. The van der Waals surface area contributed by atoms with Crippen LogP contribution in [0.5, 0.6) is 0 Å². The molecule has 1 saturated heterocycles. The fourth-order valence-corrected chi connectivity index (χ4v) is 1.41. The summed E-state index contributed by atoms with van der Waals surface area (Å²) in [5, 5.41) is 3.48. The Balaban J connectivity index is 0.000000461. The summed E-state index contributed by atoms with van der Waals surface area (Å²) in [5.74, 6) is 0.959. The van der Waals surface area contributed by atoms with E-state index in [-0.39, 0.29) is 0 Å². The van der Waals surface area contributed by atoms with Crippen molar-refractivity contribution in [2.75, 3.05) is 6.54 Å². The number of hydrogen-bond acceptors (Lipinski definition) is 1. The summed E-state index contributed by atoms with van der Waals surface area (Å²) in [6.45, 7) is 9.80. The summed E-state index contributed by atoms with van der Waals surface area (Å²) >= 11 is 0. The number of nitrogens with one attached hydrogen (secondary N) is 1. The first-order valence-electron chi connectivity index (χ1n) is 5.06. The Hall–Kier alpha value is -0.0400. The molecule has 0 aromatic heterocycles. The molecule has 0 spiro atoms. The summed E-state index contributed by atoms with van der Waals surface area (Å²) in [7, 11) is 0. The minimum Gasteiger partial charge on any atom is -0.314 e. The average molecular weight is 157 g/mol. The normalized spacial score (nSPS) is 30.5. The van der Waals surface area contributed by atoms with Gasteiger partial charge in [-0.25, -0.2) is 0 Å². The summed E-state index contributed by atoms with van der Waals surface area (Å²) < 4.78 is 0. The lowest BCUT2D eigenvalue weighted by Gasteiger charge is -2.26. The molecule has 2 unspecified atom stereocenters. The van der Waals surface area contributed by atoms with Crippen LogP contribution in [0.2, 0.25) is 0 Å². The lowest BCUT2D eigenvalue weighted by molar-refractivity contribution is 0.317. The van der Waals surface area contributed by atoms with Crippen LogP contribution < -0.4 is 5.32 Å². The van der Waals surface area contributed by atoms with Crippen molar-refractivity contribution in [3.05, 3.63) is 0 Å². The molecular weight excluding hydrogens is 134 g/mol. The molecule has 1 aliphatic heterocycles. The largest absolute Gasteiger partial charge is 0.314 e. The van der Waals surface area contributed by atoms with E-state index in [4.69, 9.17) is 0 Å². The maximum Gasteiger partial charge on any atom is 0.00389 e. The topological polar surface area (TPSA) is 12.0 Å². The van der Waals surface area contributed by atoms with Crippen LogP contribution in [-0.2, 0) is 0 Å². The van der Waals surface area contributed by atoms with E-state index in [0.717, 1.165) is 12.0 Å². The van der Waals surface area contributed by atoms with Crippen molar-refractivity contribution in [3.8, 4) is 0 Å². The zero-order valence-electron chi connectivity index (χ0n) is 8.48. The molecule has 1 rings (SSSR count). The van der Waals surface area contributed by atoms with Gasteiger partial charge in [0.15, 0.2) is 0 Å². The number of hydrogen-bond donors (Lipinski definition) is 1. The van der Waals surface area contributed by atoms with Gasteiger partial charge in [-0.1, -0.05) is 27.2 Å². The quantitative estimate of drug-likeness (QED) is 0.617. The zero-order chi connectivity index (χ0) is 8.69. The van der Waals surface area contributed by atoms with Gasteiger partial charge in [0, 0.05) is 6.04 Å². The Morgan fingerprint density at radius 3 is 2.27 bits per heavy atom. The monoisotopic (exact) mass is 157 g/mol. The Labute approximate surface area is 71.6 Å². The average Bonchev–Trinajstić information content (AvgIpc) is 2.10. The molecule has 1 heterocycles. The Morgan fingerprint density at radius 2 is 1.91 bits per heavy atom. The lowest BCUT2D eigenvalue weighted by Crippen LogP contribution is -2.36. The van der Waals surface area contributed by atoms with Crippen LogP contribution in [0.1, 0.15) is 47.0 Å². The van der Waals surface area contributed by atoms with Crippen LogP contribution in [0.3, 0.4) is 0 Å². The van der Waals surface area contributed by atoms with Gasteiger partial charge in [-0.15, -0.1) is 0 Å². The molecule has 0 aromatic rings. The molecule has 0 aromatic carbocycles. The first-order valence-corrected chi connectivity index (χ1v) is 5.06. The third kappa shape index (κ3) is 4.41. The zero-order valence-corrected chi connectivity index (χ0v) is 8.48. The van der Waals surface area contributed by atoms with Crippen molar-refractivity contribution >= 4 is 0 Å². The highest BCUT2D eigenvalue weighted by Crippen LogP contribution is 2.16. The SMILES string of the molecule is CC.CCC1CCC(C)NC1. The van der Waals surface area contributed by atoms with E-state index in [1.165, 1.54) is 25.8 Å². The molecule has 0 saturated carbocycles. The fraction of sp³-hybridized carbons (Fsp3) is 1.00. The Bertz CT molecular complexity index is 72.9. The fourth-order valence-electron chi connectivity index (χ4n) is 1.41. The van der Waals surface area contributed by atoms with Crippen LogP contribution in [0.25, 0.3) is 0 Å².